The van der Waals surface area contributed by atoms with Crippen molar-refractivity contribution < 1.29 is 14.1 Å². The van der Waals surface area contributed by atoms with Crippen LogP contribution in [0.5, 0.6) is 5.75 Å². The van der Waals surface area contributed by atoms with Crippen LogP contribution in [0.15, 0.2) is 53.3 Å². The van der Waals surface area contributed by atoms with Gasteiger partial charge in [0.15, 0.2) is 6.61 Å². The van der Waals surface area contributed by atoms with Gasteiger partial charge in [-0.1, -0.05) is 31.1 Å². The summed E-state index contributed by atoms with van der Waals surface area (Å²) in [6.45, 7) is 4.06. The topological polar surface area (TPSA) is 102 Å². The van der Waals surface area contributed by atoms with Gasteiger partial charge >= 0.3 is 6.01 Å². The number of nitrogens with zero attached hydrogens (tertiary/aromatic N) is 3. The third kappa shape index (κ3) is 4.56. The Kier molecular flexibility index (Phi) is 5.43. The lowest BCUT2D eigenvalue weighted by atomic mass is 10.0. The van der Waals surface area contributed by atoms with Crippen molar-refractivity contribution in [1.29, 1.82) is 0 Å². The van der Waals surface area contributed by atoms with E-state index in [0.29, 0.717) is 17.5 Å². The zero-order valence-corrected chi connectivity index (χ0v) is 14.5. The number of pyridine rings is 1. The molecule has 3 rings (SSSR count). The van der Waals surface area contributed by atoms with E-state index < -0.39 is 0 Å². The summed E-state index contributed by atoms with van der Waals surface area (Å²) in [6.07, 6.45) is 3.26. The number of amides is 1. The monoisotopic (exact) mass is 353 g/mol. The fourth-order valence-corrected chi connectivity index (χ4v) is 2.16. The van der Waals surface area contributed by atoms with Gasteiger partial charge in [-0.3, -0.25) is 15.2 Å². The van der Waals surface area contributed by atoms with E-state index in [-0.39, 0.29) is 18.5 Å². The Morgan fingerprint density at radius 1 is 1.23 bits per heavy atom. The van der Waals surface area contributed by atoms with Crippen LogP contribution in [0.2, 0.25) is 0 Å². The van der Waals surface area contributed by atoms with Crippen LogP contribution in [-0.4, -0.2) is 27.6 Å². The molecule has 2 N–H and O–H groups in total. The number of carbonyl (C=O) groups excluding carboxylic acids is 1. The maximum Gasteiger partial charge on any atom is 0.340 e. The predicted octanol–water partition coefficient (Wildman–Crippen LogP) is 2.78. The minimum absolute atomic E-state index is 0.0759. The third-order valence-electron chi connectivity index (χ3n) is 3.57. The average molecular weight is 353 g/mol. The van der Waals surface area contributed by atoms with Crippen molar-refractivity contribution in [3.63, 3.8) is 0 Å². The molecule has 0 aliphatic heterocycles. The van der Waals surface area contributed by atoms with Crippen molar-refractivity contribution in [2.45, 2.75) is 19.8 Å². The molecular weight excluding hydrogens is 334 g/mol. The van der Waals surface area contributed by atoms with Crippen LogP contribution in [0, 0.1) is 0 Å². The minimum Gasteiger partial charge on any atom is -0.484 e. The summed E-state index contributed by atoms with van der Waals surface area (Å²) in [5, 5.41) is 3.83. The summed E-state index contributed by atoms with van der Waals surface area (Å²) in [5.41, 5.74) is 6.92. The van der Waals surface area contributed by atoms with Crippen LogP contribution < -0.4 is 15.6 Å². The van der Waals surface area contributed by atoms with E-state index in [1.807, 2.05) is 24.3 Å². The molecule has 0 fully saturated rings. The number of hydrogen-bond donors (Lipinski definition) is 2. The van der Waals surface area contributed by atoms with E-state index >= 15 is 0 Å². The smallest absolute Gasteiger partial charge is 0.340 e. The van der Waals surface area contributed by atoms with Crippen LogP contribution in [0.25, 0.3) is 11.4 Å². The van der Waals surface area contributed by atoms with Gasteiger partial charge in [0.25, 0.3) is 5.91 Å². The maximum absolute atomic E-state index is 11.9. The largest absolute Gasteiger partial charge is 0.484 e. The summed E-state index contributed by atoms with van der Waals surface area (Å²) >= 11 is 0. The van der Waals surface area contributed by atoms with E-state index in [4.69, 9.17) is 9.26 Å². The van der Waals surface area contributed by atoms with Crippen LogP contribution in [0.3, 0.4) is 0 Å². The standard InChI is InChI=1S/C18H19N5O3/c1-12(2)14-4-3-5-15(10-14)25-11-16(24)21-22-18-20-17(23-26-18)13-6-8-19-9-7-13/h3-10,12H,11H2,1-2H3,(H,21,24)(H,20,22,23). The number of aromatic nitrogens is 3. The molecule has 0 saturated carbocycles. The maximum atomic E-state index is 11.9. The first-order valence-corrected chi connectivity index (χ1v) is 8.13. The zero-order valence-electron chi connectivity index (χ0n) is 14.5. The van der Waals surface area contributed by atoms with Crippen molar-refractivity contribution >= 4 is 11.9 Å². The number of hydrazine groups is 1. The van der Waals surface area contributed by atoms with Crippen molar-refractivity contribution in [1.82, 2.24) is 20.6 Å². The van der Waals surface area contributed by atoms with Crippen molar-refractivity contribution in [3.8, 4) is 17.1 Å². The zero-order chi connectivity index (χ0) is 18.4. The predicted molar refractivity (Wildman–Crippen MR) is 95.3 cm³/mol. The second-order valence-corrected chi connectivity index (χ2v) is 5.85. The molecule has 0 atom stereocenters. The molecule has 8 heteroatoms. The van der Waals surface area contributed by atoms with E-state index in [0.717, 1.165) is 11.1 Å². The molecule has 1 aromatic carbocycles. The van der Waals surface area contributed by atoms with Gasteiger partial charge in [0, 0.05) is 18.0 Å². The molecule has 0 spiro atoms. The highest BCUT2D eigenvalue weighted by molar-refractivity contribution is 5.78. The summed E-state index contributed by atoms with van der Waals surface area (Å²) < 4.78 is 10.5. The molecule has 0 bridgehead atoms. The molecule has 0 unspecified atom stereocenters. The number of ether oxygens (including phenoxy) is 1. The summed E-state index contributed by atoms with van der Waals surface area (Å²) in [7, 11) is 0. The van der Waals surface area contributed by atoms with Crippen LogP contribution in [0.4, 0.5) is 6.01 Å². The second kappa shape index (κ2) is 8.11. The van der Waals surface area contributed by atoms with Crippen molar-refractivity contribution in [2.24, 2.45) is 0 Å². The first kappa shape index (κ1) is 17.4. The molecule has 0 radical (unpaired) electrons. The van der Waals surface area contributed by atoms with Gasteiger partial charge in [-0.25, -0.2) is 5.43 Å². The molecule has 1 amide bonds. The Morgan fingerprint density at radius 3 is 2.81 bits per heavy atom. The average Bonchev–Trinajstić information content (AvgIpc) is 3.15. The lowest BCUT2D eigenvalue weighted by Crippen LogP contribution is -2.33. The molecule has 8 nitrogen and oxygen atoms in total. The first-order valence-electron chi connectivity index (χ1n) is 8.13. The number of anilines is 1. The SMILES string of the molecule is CC(C)c1cccc(OCC(=O)NNc2nc(-c3ccncc3)no2)c1. The number of benzene rings is 1. The molecule has 0 aliphatic carbocycles. The van der Waals surface area contributed by atoms with Crippen molar-refractivity contribution in [2.75, 3.05) is 12.0 Å². The van der Waals surface area contributed by atoms with Gasteiger partial charge < -0.3 is 9.26 Å². The fourth-order valence-electron chi connectivity index (χ4n) is 2.16. The Balaban J connectivity index is 1.49. The van der Waals surface area contributed by atoms with Gasteiger partial charge in [0.2, 0.25) is 5.82 Å². The normalized spacial score (nSPS) is 10.6. The number of hydrogen-bond acceptors (Lipinski definition) is 7. The van der Waals surface area contributed by atoms with Crippen molar-refractivity contribution in [3.05, 3.63) is 54.4 Å². The number of nitrogens with one attached hydrogen (secondary N) is 2. The molecule has 2 heterocycles. The fraction of sp³-hybridized carbons (Fsp3) is 0.222. The summed E-state index contributed by atoms with van der Waals surface area (Å²) in [6, 6.07) is 11.2. The molecule has 134 valence electrons. The molecular formula is C18H19N5O3. The summed E-state index contributed by atoms with van der Waals surface area (Å²) in [4.78, 5) is 19.9. The van der Waals surface area contributed by atoms with Gasteiger partial charge in [0.05, 0.1) is 0 Å². The van der Waals surface area contributed by atoms with Gasteiger partial charge in [-0.05, 0) is 35.7 Å². The highest BCUT2D eigenvalue weighted by Gasteiger charge is 2.10. The van der Waals surface area contributed by atoms with Crippen LogP contribution in [0.1, 0.15) is 25.3 Å². The molecule has 26 heavy (non-hydrogen) atoms. The quantitative estimate of drug-likeness (QED) is 0.630. The van der Waals surface area contributed by atoms with Crippen LogP contribution >= 0.6 is 0 Å². The van der Waals surface area contributed by atoms with E-state index in [1.165, 1.54) is 0 Å². The van der Waals surface area contributed by atoms with E-state index in [1.54, 1.807) is 24.5 Å². The Hall–Kier alpha value is -3.42. The summed E-state index contributed by atoms with van der Waals surface area (Å²) in [5.74, 6) is 1.06. The van der Waals surface area contributed by atoms with Crippen LogP contribution in [-0.2, 0) is 4.79 Å². The van der Waals surface area contributed by atoms with E-state index in [2.05, 4.69) is 39.8 Å². The molecule has 3 aromatic rings. The number of rotatable bonds is 7. The molecule has 2 aromatic heterocycles. The second-order valence-electron chi connectivity index (χ2n) is 5.85. The highest BCUT2D eigenvalue weighted by Crippen LogP contribution is 2.20. The Bertz CT molecular complexity index is 864. The lowest BCUT2D eigenvalue weighted by molar-refractivity contribution is -0.122. The number of carbonyl (C=O) groups is 1. The van der Waals surface area contributed by atoms with E-state index in [9.17, 15) is 4.79 Å². The highest BCUT2D eigenvalue weighted by atomic mass is 16.5. The lowest BCUT2D eigenvalue weighted by Gasteiger charge is -2.10. The van der Waals surface area contributed by atoms with Gasteiger partial charge in [0.1, 0.15) is 5.75 Å². The third-order valence-corrected chi connectivity index (χ3v) is 3.57. The van der Waals surface area contributed by atoms with Gasteiger partial charge in [-0.2, -0.15) is 4.98 Å². The Labute approximate surface area is 150 Å². The molecule has 0 aliphatic rings. The Morgan fingerprint density at radius 2 is 2.04 bits per heavy atom. The first-order chi connectivity index (χ1) is 12.6. The minimum atomic E-state index is -0.372. The van der Waals surface area contributed by atoms with Gasteiger partial charge in [-0.15, -0.1) is 0 Å². The molecule has 0 saturated heterocycles.